The van der Waals surface area contributed by atoms with Crippen LogP contribution in [0.1, 0.15) is 44.3 Å². The fourth-order valence-corrected chi connectivity index (χ4v) is 4.28. The number of Topliss-reactive ketones (excluding diaryl/α,β-unsaturated/α-hetero) is 2. The standard InChI is InChI=1S/C26H21F3O3/c1-15(30)17-8-6-16(7-9-17)12-19-14-22-21(10-11-23(32-2)24(22)25(19)31)18-4-3-5-20(13-18)26(27,28)29/h3-11,13,19H,12,14H2,1-2H3. The van der Waals surface area contributed by atoms with Crippen LogP contribution in [-0.2, 0) is 19.0 Å². The van der Waals surface area contributed by atoms with E-state index in [1.165, 1.54) is 20.1 Å². The Morgan fingerprint density at radius 1 is 1.06 bits per heavy atom. The van der Waals surface area contributed by atoms with Crippen LogP contribution >= 0.6 is 0 Å². The lowest BCUT2D eigenvalue weighted by Crippen LogP contribution is -2.12. The van der Waals surface area contributed by atoms with Crippen molar-refractivity contribution >= 4 is 11.6 Å². The zero-order valence-corrected chi connectivity index (χ0v) is 17.6. The molecule has 1 atom stereocenters. The van der Waals surface area contributed by atoms with Crippen LogP contribution in [-0.4, -0.2) is 18.7 Å². The first-order valence-corrected chi connectivity index (χ1v) is 10.2. The number of hydrogen-bond acceptors (Lipinski definition) is 3. The summed E-state index contributed by atoms with van der Waals surface area (Å²) in [7, 11) is 1.47. The second kappa shape index (κ2) is 8.26. The van der Waals surface area contributed by atoms with Gasteiger partial charge in [0.1, 0.15) is 5.75 Å². The van der Waals surface area contributed by atoms with Gasteiger partial charge in [-0.25, -0.2) is 0 Å². The molecule has 0 N–H and O–H groups in total. The summed E-state index contributed by atoms with van der Waals surface area (Å²) in [6.07, 6.45) is -3.57. The van der Waals surface area contributed by atoms with E-state index >= 15 is 0 Å². The molecule has 0 fully saturated rings. The Balaban J connectivity index is 1.71. The van der Waals surface area contributed by atoms with Crippen LogP contribution in [0.4, 0.5) is 13.2 Å². The summed E-state index contributed by atoms with van der Waals surface area (Å²) in [6, 6.07) is 15.6. The number of carbonyl (C=O) groups is 2. The minimum Gasteiger partial charge on any atom is -0.496 e. The average Bonchev–Trinajstić information content (AvgIpc) is 3.09. The molecule has 0 heterocycles. The zero-order chi connectivity index (χ0) is 23.0. The Kier molecular flexibility index (Phi) is 5.63. The van der Waals surface area contributed by atoms with Gasteiger partial charge in [-0.15, -0.1) is 0 Å². The van der Waals surface area contributed by atoms with Crippen LogP contribution in [0.2, 0.25) is 0 Å². The van der Waals surface area contributed by atoms with E-state index in [-0.39, 0.29) is 17.5 Å². The lowest BCUT2D eigenvalue weighted by Gasteiger charge is -2.13. The fraction of sp³-hybridized carbons (Fsp3) is 0.231. The summed E-state index contributed by atoms with van der Waals surface area (Å²) in [6.45, 7) is 1.49. The molecule has 0 saturated heterocycles. The van der Waals surface area contributed by atoms with E-state index in [1.54, 1.807) is 30.3 Å². The van der Waals surface area contributed by atoms with E-state index in [4.69, 9.17) is 4.74 Å². The minimum atomic E-state index is -4.45. The number of halogens is 3. The second-order valence-electron chi connectivity index (χ2n) is 7.97. The number of carbonyl (C=O) groups excluding carboxylic acids is 2. The van der Waals surface area contributed by atoms with Gasteiger partial charge in [0.15, 0.2) is 11.6 Å². The van der Waals surface area contributed by atoms with Gasteiger partial charge in [-0.3, -0.25) is 9.59 Å². The molecule has 0 bridgehead atoms. The summed E-state index contributed by atoms with van der Waals surface area (Å²) in [4.78, 5) is 24.7. The third kappa shape index (κ3) is 4.05. The predicted molar refractivity (Wildman–Crippen MR) is 115 cm³/mol. The molecule has 3 aromatic rings. The number of ether oxygens (including phenoxy) is 1. The second-order valence-corrected chi connectivity index (χ2v) is 7.97. The number of ketones is 2. The van der Waals surface area contributed by atoms with E-state index in [2.05, 4.69) is 0 Å². The first-order valence-electron chi connectivity index (χ1n) is 10.2. The Hall–Kier alpha value is -3.41. The molecular formula is C26H21F3O3. The summed E-state index contributed by atoms with van der Waals surface area (Å²) in [5, 5.41) is 0. The highest BCUT2D eigenvalue weighted by atomic mass is 19.4. The number of alkyl halides is 3. The molecule has 1 aliphatic rings. The Labute approximate surface area is 183 Å². The maximum Gasteiger partial charge on any atom is 0.416 e. The minimum absolute atomic E-state index is 0.0311. The van der Waals surface area contributed by atoms with E-state index in [0.29, 0.717) is 46.4 Å². The molecule has 0 aliphatic heterocycles. The predicted octanol–water partition coefficient (Wildman–Crippen LogP) is 6.18. The van der Waals surface area contributed by atoms with Gasteiger partial charge in [0.2, 0.25) is 0 Å². The van der Waals surface area contributed by atoms with Crippen LogP contribution in [0, 0.1) is 5.92 Å². The van der Waals surface area contributed by atoms with E-state index in [0.717, 1.165) is 17.7 Å². The van der Waals surface area contributed by atoms with Gasteiger partial charge in [-0.05, 0) is 60.2 Å². The average molecular weight is 438 g/mol. The molecule has 0 radical (unpaired) electrons. The maximum absolute atomic E-state index is 13.3. The van der Waals surface area contributed by atoms with Crippen molar-refractivity contribution in [3.8, 4) is 16.9 Å². The SMILES string of the molecule is COc1ccc(-c2cccc(C(F)(F)F)c2)c2c1C(=O)C(Cc1ccc(C(C)=O)cc1)C2. The summed E-state index contributed by atoms with van der Waals surface area (Å²) >= 11 is 0. The normalized spacial score (nSPS) is 15.5. The van der Waals surface area contributed by atoms with Crippen LogP contribution in [0.5, 0.6) is 5.75 Å². The molecule has 32 heavy (non-hydrogen) atoms. The van der Waals surface area contributed by atoms with Gasteiger partial charge in [0, 0.05) is 11.5 Å². The highest BCUT2D eigenvalue weighted by molar-refractivity contribution is 6.06. The maximum atomic E-state index is 13.3. The Morgan fingerprint density at radius 3 is 2.41 bits per heavy atom. The number of benzene rings is 3. The lowest BCUT2D eigenvalue weighted by molar-refractivity contribution is -0.137. The van der Waals surface area contributed by atoms with E-state index in [1.807, 2.05) is 12.1 Å². The van der Waals surface area contributed by atoms with Crippen molar-refractivity contribution in [1.82, 2.24) is 0 Å². The van der Waals surface area contributed by atoms with Crippen LogP contribution in [0.25, 0.3) is 11.1 Å². The number of fused-ring (bicyclic) bond motifs is 1. The zero-order valence-electron chi connectivity index (χ0n) is 17.6. The molecule has 164 valence electrons. The number of hydrogen-bond donors (Lipinski definition) is 0. The molecule has 0 saturated carbocycles. The lowest BCUT2D eigenvalue weighted by atomic mass is 9.93. The summed E-state index contributed by atoms with van der Waals surface area (Å²) in [5.74, 6) is -0.0399. The van der Waals surface area contributed by atoms with E-state index < -0.39 is 11.7 Å². The molecule has 6 heteroatoms. The molecule has 0 spiro atoms. The van der Waals surface area contributed by atoms with Crippen LogP contribution < -0.4 is 4.74 Å². The molecule has 0 amide bonds. The van der Waals surface area contributed by atoms with Crippen LogP contribution in [0.15, 0.2) is 60.7 Å². The third-order valence-electron chi connectivity index (χ3n) is 5.91. The van der Waals surface area contributed by atoms with Gasteiger partial charge in [-0.2, -0.15) is 13.2 Å². The smallest absolute Gasteiger partial charge is 0.416 e. The number of methoxy groups -OCH3 is 1. The highest BCUT2D eigenvalue weighted by Gasteiger charge is 2.36. The Morgan fingerprint density at radius 2 is 1.78 bits per heavy atom. The third-order valence-corrected chi connectivity index (χ3v) is 5.91. The Bertz CT molecular complexity index is 1190. The first kappa shape index (κ1) is 21.8. The summed E-state index contributed by atoms with van der Waals surface area (Å²) < 4.78 is 45.1. The van der Waals surface area contributed by atoms with Crippen molar-refractivity contribution in [1.29, 1.82) is 0 Å². The van der Waals surface area contributed by atoms with Gasteiger partial charge < -0.3 is 4.74 Å². The van der Waals surface area contributed by atoms with Crippen molar-refractivity contribution in [2.24, 2.45) is 5.92 Å². The molecular weight excluding hydrogens is 417 g/mol. The largest absolute Gasteiger partial charge is 0.496 e. The fourth-order valence-electron chi connectivity index (χ4n) is 4.28. The first-order chi connectivity index (χ1) is 15.2. The molecule has 4 rings (SSSR count). The van der Waals surface area contributed by atoms with Crippen molar-refractivity contribution < 1.29 is 27.5 Å². The van der Waals surface area contributed by atoms with Gasteiger partial charge in [-0.1, -0.05) is 42.5 Å². The topological polar surface area (TPSA) is 43.4 Å². The molecule has 1 aliphatic carbocycles. The van der Waals surface area contributed by atoms with Crippen molar-refractivity contribution in [3.05, 3.63) is 88.5 Å². The van der Waals surface area contributed by atoms with Crippen molar-refractivity contribution in [2.75, 3.05) is 7.11 Å². The van der Waals surface area contributed by atoms with Gasteiger partial charge >= 0.3 is 6.18 Å². The molecule has 1 unspecified atom stereocenters. The molecule has 0 aromatic heterocycles. The monoisotopic (exact) mass is 438 g/mol. The highest BCUT2D eigenvalue weighted by Crippen LogP contribution is 2.42. The number of rotatable bonds is 5. The summed E-state index contributed by atoms with van der Waals surface area (Å²) in [5.41, 5.74) is 2.95. The quantitative estimate of drug-likeness (QED) is 0.447. The van der Waals surface area contributed by atoms with E-state index in [9.17, 15) is 22.8 Å². The van der Waals surface area contributed by atoms with Crippen LogP contribution in [0.3, 0.4) is 0 Å². The van der Waals surface area contributed by atoms with Gasteiger partial charge in [0.05, 0.1) is 18.2 Å². The van der Waals surface area contributed by atoms with Gasteiger partial charge in [0.25, 0.3) is 0 Å². The van der Waals surface area contributed by atoms with Crippen molar-refractivity contribution in [3.63, 3.8) is 0 Å². The van der Waals surface area contributed by atoms with Crippen molar-refractivity contribution in [2.45, 2.75) is 25.9 Å². The molecule has 3 nitrogen and oxygen atoms in total. The molecule has 3 aromatic carbocycles.